The lowest BCUT2D eigenvalue weighted by Gasteiger charge is -2.09. The van der Waals surface area contributed by atoms with Crippen LogP contribution in [0, 0.1) is 5.92 Å². The quantitative estimate of drug-likeness (QED) is 0.853. The van der Waals surface area contributed by atoms with Crippen LogP contribution in [-0.4, -0.2) is 29.7 Å². The van der Waals surface area contributed by atoms with Gasteiger partial charge < -0.3 is 10.6 Å². The van der Waals surface area contributed by atoms with Gasteiger partial charge in [0.05, 0.1) is 6.54 Å². The Labute approximate surface area is 134 Å². The van der Waals surface area contributed by atoms with Crippen molar-refractivity contribution in [3.63, 3.8) is 0 Å². The average molecular weight is 327 g/mol. The minimum Gasteiger partial charge on any atom is -0.349 e. The van der Waals surface area contributed by atoms with Crippen molar-refractivity contribution in [2.75, 3.05) is 13.6 Å². The lowest BCUT2D eigenvalue weighted by Crippen LogP contribution is -2.33. The van der Waals surface area contributed by atoms with Gasteiger partial charge in [0.2, 0.25) is 5.91 Å². The first-order valence-corrected chi connectivity index (χ1v) is 7.32. The fourth-order valence-electron chi connectivity index (χ4n) is 1.76. The van der Waals surface area contributed by atoms with E-state index in [-0.39, 0.29) is 24.2 Å². The van der Waals surface area contributed by atoms with Gasteiger partial charge >= 0.3 is 0 Å². The number of amides is 1. The first-order valence-electron chi connectivity index (χ1n) is 6.51. The highest BCUT2D eigenvalue weighted by atomic mass is 35.5. The maximum absolute atomic E-state index is 11.8. The molecule has 1 unspecified atom stereocenters. The molecule has 1 aromatic heterocycles. The van der Waals surface area contributed by atoms with E-state index in [0.717, 1.165) is 15.6 Å². The molecular formula is C14H19ClN4OS. The molecule has 0 aliphatic carbocycles. The van der Waals surface area contributed by atoms with Crippen LogP contribution in [0.15, 0.2) is 30.3 Å². The van der Waals surface area contributed by atoms with Gasteiger partial charge in [-0.15, -0.1) is 22.6 Å². The molecule has 0 aliphatic heterocycles. The summed E-state index contributed by atoms with van der Waals surface area (Å²) in [6.07, 6.45) is 0. The van der Waals surface area contributed by atoms with Crippen LogP contribution >= 0.6 is 23.7 Å². The summed E-state index contributed by atoms with van der Waals surface area (Å²) in [7, 11) is 1.83. The van der Waals surface area contributed by atoms with Gasteiger partial charge in [0.25, 0.3) is 0 Å². The Balaban J connectivity index is 0.00000220. The second kappa shape index (κ2) is 8.71. The zero-order valence-corrected chi connectivity index (χ0v) is 13.6. The summed E-state index contributed by atoms with van der Waals surface area (Å²) >= 11 is 1.50. The normalized spacial score (nSPS) is 11.5. The zero-order valence-electron chi connectivity index (χ0n) is 12.0. The van der Waals surface area contributed by atoms with Crippen LogP contribution < -0.4 is 10.6 Å². The number of carbonyl (C=O) groups is 1. The second-order valence-corrected chi connectivity index (χ2v) is 5.61. The Morgan fingerprint density at radius 2 is 2.00 bits per heavy atom. The topological polar surface area (TPSA) is 66.9 Å². The summed E-state index contributed by atoms with van der Waals surface area (Å²) in [6.45, 7) is 2.98. The SMILES string of the molecule is CNCC(C)C(=O)NCc1nnc(-c2ccccc2)s1.Cl. The maximum Gasteiger partial charge on any atom is 0.224 e. The number of aromatic nitrogens is 2. The third-order valence-electron chi connectivity index (χ3n) is 2.86. The van der Waals surface area contributed by atoms with E-state index in [2.05, 4.69) is 20.8 Å². The molecule has 7 heteroatoms. The number of hydrogen-bond acceptors (Lipinski definition) is 5. The predicted octanol–water partition coefficient (Wildman–Crippen LogP) is 2.10. The van der Waals surface area contributed by atoms with Gasteiger partial charge in [0.15, 0.2) is 0 Å². The number of nitrogens with zero attached hydrogens (tertiary/aromatic N) is 2. The number of carbonyl (C=O) groups excluding carboxylic acids is 1. The van der Waals surface area contributed by atoms with Crippen LogP contribution in [0.1, 0.15) is 11.9 Å². The summed E-state index contributed by atoms with van der Waals surface area (Å²) in [5.41, 5.74) is 1.05. The molecule has 0 spiro atoms. The molecule has 1 amide bonds. The molecule has 2 rings (SSSR count). The van der Waals surface area contributed by atoms with Gasteiger partial charge in [0, 0.05) is 18.0 Å². The lowest BCUT2D eigenvalue weighted by molar-refractivity contribution is -0.124. The van der Waals surface area contributed by atoms with Crippen LogP contribution in [0.3, 0.4) is 0 Å². The lowest BCUT2D eigenvalue weighted by atomic mass is 10.1. The maximum atomic E-state index is 11.8. The van der Waals surface area contributed by atoms with Crippen molar-refractivity contribution >= 4 is 29.7 Å². The second-order valence-electron chi connectivity index (χ2n) is 4.54. The monoisotopic (exact) mass is 326 g/mol. The van der Waals surface area contributed by atoms with E-state index in [9.17, 15) is 4.79 Å². The Kier molecular flexibility index (Phi) is 7.28. The summed E-state index contributed by atoms with van der Waals surface area (Å²) < 4.78 is 0. The van der Waals surface area contributed by atoms with Crippen molar-refractivity contribution in [1.29, 1.82) is 0 Å². The van der Waals surface area contributed by atoms with Crippen molar-refractivity contribution in [3.05, 3.63) is 35.3 Å². The third kappa shape index (κ3) is 5.08. The minimum absolute atomic E-state index is 0. The van der Waals surface area contributed by atoms with Gasteiger partial charge in [-0.2, -0.15) is 0 Å². The van der Waals surface area contributed by atoms with Crippen LogP contribution in [0.2, 0.25) is 0 Å². The summed E-state index contributed by atoms with van der Waals surface area (Å²) in [6, 6.07) is 9.90. The molecule has 2 N–H and O–H groups in total. The summed E-state index contributed by atoms with van der Waals surface area (Å²) in [5.74, 6) is -0.0303. The van der Waals surface area contributed by atoms with Crippen molar-refractivity contribution in [2.45, 2.75) is 13.5 Å². The first kappa shape index (κ1) is 17.6. The van der Waals surface area contributed by atoms with Gasteiger partial charge in [-0.1, -0.05) is 48.6 Å². The third-order valence-corrected chi connectivity index (χ3v) is 3.83. The molecule has 0 saturated heterocycles. The highest BCUT2D eigenvalue weighted by Crippen LogP contribution is 2.22. The van der Waals surface area contributed by atoms with E-state index in [1.807, 2.05) is 44.3 Å². The molecule has 114 valence electrons. The van der Waals surface area contributed by atoms with Crippen LogP contribution in [-0.2, 0) is 11.3 Å². The highest BCUT2D eigenvalue weighted by Gasteiger charge is 2.12. The summed E-state index contributed by atoms with van der Waals surface area (Å²) in [4.78, 5) is 11.8. The fraction of sp³-hybridized carbons (Fsp3) is 0.357. The molecular weight excluding hydrogens is 308 g/mol. The van der Waals surface area contributed by atoms with Gasteiger partial charge in [-0.25, -0.2) is 0 Å². The van der Waals surface area contributed by atoms with E-state index in [0.29, 0.717) is 13.1 Å². The average Bonchev–Trinajstić information content (AvgIpc) is 2.95. The summed E-state index contributed by atoms with van der Waals surface area (Å²) in [5, 5.41) is 15.8. The number of rotatable bonds is 6. The van der Waals surface area contributed by atoms with Crippen molar-refractivity contribution in [2.24, 2.45) is 5.92 Å². The molecule has 1 atom stereocenters. The molecule has 0 bridgehead atoms. The van der Waals surface area contributed by atoms with E-state index >= 15 is 0 Å². The molecule has 1 aromatic carbocycles. The zero-order chi connectivity index (χ0) is 14.4. The molecule has 0 saturated carbocycles. The van der Waals surface area contributed by atoms with Crippen molar-refractivity contribution < 1.29 is 4.79 Å². The van der Waals surface area contributed by atoms with Crippen LogP contribution in [0.5, 0.6) is 0 Å². The number of nitrogens with one attached hydrogen (secondary N) is 2. The standard InChI is InChI=1S/C14H18N4OS.ClH/c1-10(8-15-2)13(19)16-9-12-17-18-14(20-12)11-6-4-3-5-7-11;/h3-7,10,15H,8-9H2,1-2H3,(H,16,19);1H. The smallest absolute Gasteiger partial charge is 0.224 e. The minimum atomic E-state index is -0.0542. The van der Waals surface area contributed by atoms with Gasteiger partial charge in [-0.3, -0.25) is 4.79 Å². The fourth-order valence-corrected chi connectivity index (χ4v) is 2.54. The van der Waals surface area contributed by atoms with Gasteiger partial charge in [-0.05, 0) is 7.05 Å². The Morgan fingerprint density at radius 1 is 1.29 bits per heavy atom. The molecule has 0 fully saturated rings. The van der Waals surface area contributed by atoms with E-state index in [4.69, 9.17) is 0 Å². The van der Waals surface area contributed by atoms with E-state index in [1.54, 1.807) is 0 Å². The molecule has 1 heterocycles. The van der Waals surface area contributed by atoms with Crippen LogP contribution in [0.4, 0.5) is 0 Å². The Morgan fingerprint density at radius 3 is 2.67 bits per heavy atom. The Bertz CT molecular complexity index is 561. The molecule has 21 heavy (non-hydrogen) atoms. The van der Waals surface area contributed by atoms with Crippen LogP contribution in [0.25, 0.3) is 10.6 Å². The number of benzene rings is 1. The highest BCUT2D eigenvalue weighted by molar-refractivity contribution is 7.14. The molecule has 0 aliphatic rings. The molecule has 0 radical (unpaired) electrons. The number of hydrogen-bond donors (Lipinski definition) is 2. The van der Waals surface area contributed by atoms with Gasteiger partial charge in [0.1, 0.15) is 10.0 Å². The van der Waals surface area contributed by atoms with E-state index in [1.165, 1.54) is 11.3 Å². The Hall–Kier alpha value is -1.50. The predicted molar refractivity (Wildman–Crippen MR) is 87.5 cm³/mol. The van der Waals surface area contributed by atoms with E-state index < -0.39 is 0 Å². The van der Waals surface area contributed by atoms with Crippen molar-refractivity contribution in [1.82, 2.24) is 20.8 Å². The van der Waals surface area contributed by atoms with Crippen molar-refractivity contribution in [3.8, 4) is 10.6 Å². The molecule has 2 aromatic rings. The first-order chi connectivity index (χ1) is 9.70. The molecule has 5 nitrogen and oxygen atoms in total. The number of halogens is 1. The largest absolute Gasteiger partial charge is 0.349 e.